The Hall–Kier alpha value is -2.96. The summed E-state index contributed by atoms with van der Waals surface area (Å²) in [6.45, 7) is 7.54. The van der Waals surface area contributed by atoms with Crippen LogP contribution < -0.4 is 0 Å². The Morgan fingerprint density at radius 3 is 2.18 bits per heavy atom. The number of nitrogens with zero attached hydrogens (tertiary/aromatic N) is 3. The zero-order valence-electron chi connectivity index (χ0n) is 19.4. The van der Waals surface area contributed by atoms with Crippen molar-refractivity contribution in [1.29, 1.82) is 0 Å². The lowest BCUT2D eigenvalue weighted by Crippen LogP contribution is -2.41. The fraction of sp³-hybridized carbons (Fsp3) is 0.407. The average Bonchev–Trinajstić information content (AvgIpc) is 3.51. The van der Waals surface area contributed by atoms with E-state index in [0.717, 1.165) is 29.7 Å². The van der Waals surface area contributed by atoms with E-state index < -0.39 is 0 Å². The lowest BCUT2D eigenvalue weighted by atomic mass is 9.95. The third-order valence-electron chi connectivity index (χ3n) is 6.64. The Morgan fingerprint density at radius 2 is 1.55 bits per heavy atom. The first-order valence-electron chi connectivity index (χ1n) is 11.8. The summed E-state index contributed by atoms with van der Waals surface area (Å²) in [6.07, 6.45) is 3.59. The molecule has 0 N–H and O–H groups in total. The summed E-state index contributed by atoms with van der Waals surface area (Å²) in [7, 11) is 0. The molecule has 3 heterocycles. The molecule has 0 radical (unpaired) electrons. The minimum atomic E-state index is -0.109. The van der Waals surface area contributed by atoms with Gasteiger partial charge >= 0.3 is 0 Å². The number of hydrogen-bond acceptors (Lipinski definition) is 4. The molecule has 3 aromatic rings. The molecular weight excluding hydrogens is 414 g/mol. The van der Waals surface area contributed by atoms with E-state index in [1.54, 1.807) is 0 Å². The van der Waals surface area contributed by atoms with Crippen molar-refractivity contribution >= 4 is 5.91 Å². The van der Waals surface area contributed by atoms with Gasteiger partial charge in [0.25, 0.3) is 5.91 Å². The number of hydrogen-bond donors (Lipinski definition) is 0. The van der Waals surface area contributed by atoms with Crippen molar-refractivity contribution in [2.75, 3.05) is 26.3 Å². The van der Waals surface area contributed by atoms with Crippen LogP contribution in [0.4, 0.5) is 0 Å². The fourth-order valence-electron chi connectivity index (χ4n) is 4.66. The van der Waals surface area contributed by atoms with Crippen LogP contribution >= 0.6 is 0 Å². The second kappa shape index (κ2) is 9.49. The van der Waals surface area contributed by atoms with Crippen LogP contribution in [-0.4, -0.2) is 53.2 Å². The van der Waals surface area contributed by atoms with Gasteiger partial charge in [-0.3, -0.25) is 9.48 Å². The predicted molar refractivity (Wildman–Crippen MR) is 127 cm³/mol. The van der Waals surface area contributed by atoms with E-state index in [4.69, 9.17) is 14.6 Å². The summed E-state index contributed by atoms with van der Waals surface area (Å²) in [5, 5.41) is 4.85. The van der Waals surface area contributed by atoms with Crippen LogP contribution in [0.3, 0.4) is 0 Å². The van der Waals surface area contributed by atoms with E-state index in [1.165, 1.54) is 11.1 Å². The number of likely N-dealkylation sites (tertiary alicyclic amines) is 1. The van der Waals surface area contributed by atoms with Crippen LogP contribution in [0.1, 0.15) is 39.9 Å². The third kappa shape index (κ3) is 4.87. The van der Waals surface area contributed by atoms with Crippen molar-refractivity contribution in [1.82, 2.24) is 14.7 Å². The summed E-state index contributed by atoms with van der Waals surface area (Å²) in [5.41, 5.74) is 5.95. The molecule has 0 bridgehead atoms. The van der Waals surface area contributed by atoms with Crippen LogP contribution in [0, 0.1) is 19.8 Å². The number of amides is 1. The molecule has 6 heteroatoms. The van der Waals surface area contributed by atoms with Crippen LogP contribution in [-0.2, 0) is 16.0 Å². The highest BCUT2D eigenvalue weighted by Crippen LogP contribution is 2.29. The number of rotatable bonds is 5. The first kappa shape index (κ1) is 21.9. The monoisotopic (exact) mass is 445 g/mol. The maximum Gasteiger partial charge on any atom is 0.257 e. The molecule has 2 saturated heterocycles. The Morgan fingerprint density at radius 1 is 0.939 bits per heavy atom. The highest BCUT2D eigenvalue weighted by Gasteiger charge is 2.33. The number of benzene rings is 2. The van der Waals surface area contributed by atoms with E-state index in [2.05, 4.69) is 50.2 Å². The van der Waals surface area contributed by atoms with Gasteiger partial charge in [0.1, 0.15) is 5.69 Å². The van der Waals surface area contributed by atoms with Crippen LogP contribution in [0.15, 0.2) is 54.7 Å². The van der Waals surface area contributed by atoms with Crippen LogP contribution in [0.2, 0.25) is 0 Å². The first-order chi connectivity index (χ1) is 16.1. The Labute approximate surface area is 195 Å². The number of aryl methyl sites for hydroxylation is 2. The molecule has 0 unspecified atom stereocenters. The van der Waals surface area contributed by atoms with Gasteiger partial charge in [0.05, 0.1) is 25.3 Å². The number of carbonyl (C=O) groups excluding carboxylic acids is 1. The van der Waals surface area contributed by atoms with Crippen molar-refractivity contribution in [2.24, 2.45) is 5.92 Å². The van der Waals surface area contributed by atoms with E-state index in [1.807, 2.05) is 27.9 Å². The molecule has 0 saturated carbocycles. The highest BCUT2D eigenvalue weighted by molar-refractivity contribution is 5.99. The molecule has 33 heavy (non-hydrogen) atoms. The zero-order valence-corrected chi connectivity index (χ0v) is 19.4. The highest BCUT2D eigenvalue weighted by atomic mass is 16.7. The van der Waals surface area contributed by atoms with E-state index in [0.29, 0.717) is 44.3 Å². The summed E-state index contributed by atoms with van der Waals surface area (Å²) in [4.78, 5) is 15.6. The lowest BCUT2D eigenvalue weighted by molar-refractivity contribution is -0.0956. The Bertz CT molecular complexity index is 1090. The van der Waals surface area contributed by atoms with Gasteiger partial charge in [-0.2, -0.15) is 5.10 Å². The van der Waals surface area contributed by atoms with Crippen molar-refractivity contribution in [3.8, 4) is 11.3 Å². The quantitative estimate of drug-likeness (QED) is 0.583. The molecular formula is C27H31N3O3. The normalized spacial score (nSPS) is 17.6. The van der Waals surface area contributed by atoms with Gasteiger partial charge in [0, 0.05) is 30.8 Å². The van der Waals surface area contributed by atoms with Gasteiger partial charge in [-0.05, 0) is 32.3 Å². The maximum absolute atomic E-state index is 13.6. The molecule has 1 amide bonds. The van der Waals surface area contributed by atoms with Crippen molar-refractivity contribution in [2.45, 2.75) is 39.5 Å². The number of aromatic nitrogens is 2. The van der Waals surface area contributed by atoms with Crippen molar-refractivity contribution < 1.29 is 14.3 Å². The van der Waals surface area contributed by atoms with Gasteiger partial charge < -0.3 is 14.4 Å². The second-order valence-electron chi connectivity index (χ2n) is 9.18. The summed E-state index contributed by atoms with van der Waals surface area (Å²) < 4.78 is 13.3. The smallest absolute Gasteiger partial charge is 0.257 e. The van der Waals surface area contributed by atoms with Crippen molar-refractivity contribution in [3.63, 3.8) is 0 Å². The molecule has 0 atom stereocenters. The molecule has 2 aliphatic heterocycles. The van der Waals surface area contributed by atoms with Gasteiger partial charge in [0.15, 0.2) is 6.29 Å². The fourth-order valence-corrected chi connectivity index (χ4v) is 4.66. The molecule has 2 aromatic carbocycles. The van der Waals surface area contributed by atoms with Gasteiger partial charge in [-0.25, -0.2) is 0 Å². The van der Waals surface area contributed by atoms with Crippen LogP contribution in [0.25, 0.3) is 11.3 Å². The van der Waals surface area contributed by atoms with Gasteiger partial charge in [-0.1, -0.05) is 59.7 Å². The molecule has 1 aromatic heterocycles. The first-order valence-corrected chi connectivity index (χ1v) is 11.8. The second-order valence-corrected chi connectivity index (χ2v) is 9.18. The summed E-state index contributed by atoms with van der Waals surface area (Å²) >= 11 is 0. The maximum atomic E-state index is 13.6. The summed E-state index contributed by atoms with van der Waals surface area (Å²) in [5.74, 6) is 0.407. The number of ether oxygens (including phenoxy) is 2. The molecule has 5 rings (SSSR count). The van der Waals surface area contributed by atoms with Gasteiger partial charge in [0.2, 0.25) is 0 Å². The molecule has 172 valence electrons. The van der Waals surface area contributed by atoms with E-state index in [9.17, 15) is 4.79 Å². The topological polar surface area (TPSA) is 56.6 Å². The SMILES string of the molecule is Cc1ccc(Cn2cc(C(=O)N3CCC(C4OCCO4)CC3)c(-c3ccc(C)cc3)n2)cc1. The summed E-state index contributed by atoms with van der Waals surface area (Å²) in [6, 6.07) is 16.7. The zero-order chi connectivity index (χ0) is 22.8. The standard InChI is InChI=1S/C27H31N3O3/c1-19-3-7-21(8-4-19)17-30-18-24(25(28-30)22-9-5-20(2)6-10-22)26(31)29-13-11-23(12-14-29)27-32-15-16-33-27/h3-10,18,23,27H,11-17H2,1-2H3. The lowest BCUT2D eigenvalue weighted by Gasteiger charge is -2.33. The van der Waals surface area contributed by atoms with E-state index in [-0.39, 0.29) is 12.2 Å². The molecule has 6 nitrogen and oxygen atoms in total. The molecule has 0 spiro atoms. The molecule has 2 fully saturated rings. The Balaban J connectivity index is 1.38. The largest absolute Gasteiger partial charge is 0.350 e. The average molecular weight is 446 g/mol. The third-order valence-corrected chi connectivity index (χ3v) is 6.64. The van der Waals surface area contributed by atoms with Gasteiger partial charge in [-0.15, -0.1) is 0 Å². The van der Waals surface area contributed by atoms with Crippen LogP contribution in [0.5, 0.6) is 0 Å². The predicted octanol–water partition coefficient (Wildman–Crippen LogP) is 4.44. The molecule has 0 aliphatic carbocycles. The van der Waals surface area contributed by atoms with E-state index >= 15 is 0 Å². The number of piperidine rings is 1. The minimum Gasteiger partial charge on any atom is -0.350 e. The minimum absolute atomic E-state index is 0.0486. The molecule has 2 aliphatic rings. The Kier molecular flexibility index (Phi) is 6.29. The van der Waals surface area contributed by atoms with Crippen molar-refractivity contribution in [3.05, 3.63) is 77.0 Å². The number of carbonyl (C=O) groups is 1.